The number of nitrogens with two attached hydrogens (primary N) is 2. The van der Waals surface area contributed by atoms with E-state index >= 15 is 0 Å². The molecule has 0 aliphatic rings. The first-order valence-corrected chi connectivity index (χ1v) is 9.61. The average molecular weight is 425 g/mol. The van der Waals surface area contributed by atoms with E-state index in [9.17, 15) is 13.6 Å². The number of aromatic amines is 1. The molecule has 0 aliphatic carbocycles. The molecule has 7 nitrogen and oxygen atoms in total. The molecule has 0 spiro atoms. The van der Waals surface area contributed by atoms with Crippen molar-refractivity contribution in [2.45, 2.75) is 12.5 Å². The van der Waals surface area contributed by atoms with Gasteiger partial charge in [0.05, 0.1) is 12.2 Å². The number of fused-ring (bicyclic) bond motifs is 1. The van der Waals surface area contributed by atoms with Crippen LogP contribution in [-0.4, -0.2) is 33.6 Å². The first-order chi connectivity index (χ1) is 14.9. The van der Waals surface area contributed by atoms with Crippen molar-refractivity contribution in [2.75, 3.05) is 13.2 Å². The summed E-state index contributed by atoms with van der Waals surface area (Å²) in [5.41, 5.74) is 13.7. The Hall–Kier alpha value is -3.56. The largest absolute Gasteiger partial charge is 0.487 e. The van der Waals surface area contributed by atoms with Crippen molar-refractivity contribution in [2.24, 2.45) is 11.5 Å². The summed E-state index contributed by atoms with van der Waals surface area (Å²) < 4.78 is 33.4. The molecular formula is C22H21F2N5O2. The zero-order valence-electron chi connectivity index (χ0n) is 16.5. The van der Waals surface area contributed by atoms with Gasteiger partial charge in [-0.2, -0.15) is 4.98 Å². The fraction of sp³-hybridized carbons (Fsp3) is 0.182. The zero-order chi connectivity index (χ0) is 22.0. The van der Waals surface area contributed by atoms with Crippen LogP contribution in [0.1, 0.15) is 5.56 Å². The molecule has 2 heterocycles. The Morgan fingerprint density at radius 2 is 1.87 bits per heavy atom. The van der Waals surface area contributed by atoms with Crippen molar-refractivity contribution in [3.63, 3.8) is 0 Å². The number of hydrogen-bond donors (Lipinski definition) is 3. The van der Waals surface area contributed by atoms with Gasteiger partial charge in [0.1, 0.15) is 11.4 Å². The van der Waals surface area contributed by atoms with Crippen molar-refractivity contribution >= 4 is 11.0 Å². The smallest absolute Gasteiger partial charge is 0.354 e. The van der Waals surface area contributed by atoms with Crippen LogP contribution in [0, 0.1) is 0 Å². The SMILES string of the molecule is NCc1ccc(-n2cc3cc(-c4cccc(OCC(F)(F)CN)c4)[nH]c3nc2=O)cc1. The molecule has 4 aromatic rings. The van der Waals surface area contributed by atoms with Gasteiger partial charge in [0.25, 0.3) is 5.92 Å². The van der Waals surface area contributed by atoms with Gasteiger partial charge in [-0.05, 0) is 35.9 Å². The van der Waals surface area contributed by atoms with E-state index < -0.39 is 24.8 Å². The molecule has 0 atom stereocenters. The highest BCUT2D eigenvalue weighted by molar-refractivity contribution is 5.82. The van der Waals surface area contributed by atoms with E-state index in [1.54, 1.807) is 30.5 Å². The number of ether oxygens (including phenoxy) is 1. The van der Waals surface area contributed by atoms with Crippen molar-refractivity contribution in [1.82, 2.24) is 14.5 Å². The molecule has 160 valence electrons. The number of alkyl halides is 2. The van der Waals surface area contributed by atoms with Gasteiger partial charge in [-0.15, -0.1) is 0 Å². The van der Waals surface area contributed by atoms with Crippen LogP contribution in [0.15, 0.2) is 65.6 Å². The van der Waals surface area contributed by atoms with Gasteiger partial charge in [-0.25, -0.2) is 13.6 Å². The predicted molar refractivity (Wildman–Crippen MR) is 115 cm³/mol. The Balaban J connectivity index is 1.65. The third-order valence-electron chi connectivity index (χ3n) is 4.85. The molecule has 0 aliphatic heterocycles. The topological polar surface area (TPSA) is 112 Å². The van der Waals surface area contributed by atoms with Crippen molar-refractivity contribution in [1.29, 1.82) is 0 Å². The van der Waals surface area contributed by atoms with E-state index in [2.05, 4.69) is 9.97 Å². The maximum absolute atomic E-state index is 13.4. The van der Waals surface area contributed by atoms with Crippen LogP contribution in [0.5, 0.6) is 5.75 Å². The summed E-state index contributed by atoms with van der Waals surface area (Å²) >= 11 is 0. The van der Waals surface area contributed by atoms with Gasteiger partial charge in [-0.3, -0.25) is 4.57 Å². The Bertz CT molecular complexity index is 1270. The third kappa shape index (κ3) is 4.47. The van der Waals surface area contributed by atoms with Crippen LogP contribution < -0.4 is 21.9 Å². The van der Waals surface area contributed by atoms with Crippen LogP contribution >= 0.6 is 0 Å². The molecule has 31 heavy (non-hydrogen) atoms. The second kappa shape index (κ2) is 8.29. The standard InChI is InChI=1S/C22H21F2N5O2/c23-22(24,12-26)13-31-18-3-1-2-15(8-18)19-9-16-11-29(21(30)28-20(16)27-19)17-6-4-14(10-25)5-7-17/h1-9,11H,10,12-13,25-26H2,(H,27,28,30). The van der Waals surface area contributed by atoms with Crippen LogP contribution in [0.3, 0.4) is 0 Å². The summed E-state index contributed by atoms with van der Waals surface area (Å²) in [6.07, 6.45) is 1.70. The lowest BCUT2D eigenvalue weighted by Crippen LogP contribution is -2.34. The second-order valence-electron chi connectivity index (χ2n) is 7.13. The molecule has 0 unspecified atom stereocenters. The molecule has 2 aromatic carbocycles. The molecule has 5 N–H and O–H groups in total. The summed E-state index contributed by atoms with van der Waals surface area (Å²) in [6, 6.07) is 15.9. The fourth-order valence-electron chi connectivity index (χ4n) is 3.13. The minimum atomic E-state index is -3.10. The summed E-state index contributed by atoms with van der Waals surface area (Å²) in [6.45, 7) is -1.17. The summed E-state index contributed by atoms with van der Waals surface area (Å²) in [4.78, 5) is 19.7. The van der Waals surface area contributed by atoms with Gasteiger partial charge in [0.15, 0.2) is 6.61 Å². The molecular weight excluding hydrogens is 404 g/mol. The van der Waals surface area contributed by atoms with Gasteiger partial charge >= 0.3 is 5.69 Å². The molecule has 2 aromatic heterocycles. The van der Waals surface area contributed by atoms with E-state index in [0.717, 1.165) is 10.9 Å². The number of nitrogens with one attached hydrogen (secondary N) is 1. The quantitative estimate of drug-likeness (QED) is 0.422. The maximum Gasteiger partial charge on any atom is 0.354 e. The van der Waals surface area contributed by atoms with Crippen LogP contribution in [0.25, 0.3) is 28.0 Å². The van der Waals surface area contributed by atoms with Gasteiger partial charge < -0.3 is 21.2 Å². The summed E-state index contributed by atoms with van der Waals surface area (Å²) in [5, 5.41) is 0.721. The van der Waals surface area contributed by atoms with E-state index in [1.807, 2.05) is 30.3 Å². The molecule has 0 saturated carbocycles. The van der Waals surface area contributed by atoms with E-state index in [1.165, 1.54) is 4.57 Å². The van der Waals surface area contributed by atoms with Crippen LogP contribution in [0.4, 0.5) is 8.78 Å². The number of aromatic nitrogens is 3. The Kier molecular flexibility index (Phi) is 5.53. The van der Waals surface area contributed by atoms with Crippen molar-refractivity contribution < 1.29 is 13.5 Å². The van der Waals surface area contributed by atoms with E-state index in [4.69, 9.17) is 16.2 Å². The summed E-state index contributed by atoms with van der Waals surface area (Å²) in [5.74, 6) is -2.81. The van der Waals surface area contributed by atoms with Crippen LogP contribution in [0.2, 0.25) is 0 Å². The Labute approximate surface area is 176 Å². The maximum atomic E-state index is 13.4. The van der Waals surface area contributed by atoms with E-state index in [0.29, 0.717) is 29.1 Å². The third-order valence-corrected chi connectivity index (χ3v) is 4.85. The lowest BCUT2D eigenvalue weighted by atomic mass is 10.1. The number of rotatable bonds is 7. The molecule has 4 rings (SSSR count). The molecule has 9 heteroatoms. The summed E-state index contributed by atoms with van der Waals surface area (Å²) in [7, 11) is 0. The normalized spacial score (nSPS) is 11.7. The van der Waals surface area contributed by atoms with Crippen molar-refractivity contribution in [3.8, 4) is 22.7 Å². The number of benzene rings is 2. The molecule has 0 amide bonds. The first kappa shape index (κ1) is 20.7. The first-order valence-electron chi connectivity index (χ1n) is 9.61. The monoisotopic (exact) mass is 425 g/mol. The number of halogens is 2. The van der Waals surface area contributed by atoms with Crippen molar-refractivity contribution in [3.05, 3.63) is 76.8 Å². The molecule has 0 radical (unpaired) electrons. The van der Waals surface area contributed by atoms with Crippen LogP contribution in [-0.2, 0) is 6.54 Å². The highest BCUT2D eigenvalue weighted by atomic mass is 19.3. The predicted octanol–water partition coefficient (Wildman–Crippen LogP) is 2.81. The van der Waals surface area contributed by atoms with E-state index in [-0.39, 0.29) is 5.75 Å². The van der Waals surface area contributed by atoms with Gasteiger partial charge in [0, 0.05) is 29.4 Å². The minimum Gasteiger partial charge on any atom is -0.487 e. The number of hydrogen-bond acceptors (Lipinski definition) is 5. The lowest BCUT2D eigenvalue weighted by molar-refractivity contribution is -0.0319. The molecule has 0 saturated heterocycles. The Morgan fingerprint density at radius 3 is 2.58 bits per heavy atom. The zero-order valence-corrected chi connectivity index (χ0v) is 16.5. The number of nitrogens with zero attached hydrogens (tertiary/aromatic N) is 2. The highest BCUT2D eigenvalue weighted by Crippen LogP contribution is 2.27. The van der Waals surface area contributed by atoms with Gasteiger partial charge in [-0.1, -0.05) is 24.3 Å². The molecule has 0 bridgehead atoms. The fourth-order valence-corrected chi connectivity index (χ4v) is 3.13. The average Bonchev–Trinajstić information content (AvgIpc) is 3.20. The second-order valence-corrected chi connectivity index (χ2v) is 7.13. The Morgan fingerprint density at radius 1 is 1.10 bits per heavy atom. The highest BCUT2D eigenvalue weighted by Gasteiger charge is 2.27. The van der Waals surface area contributed by atoms with Gasteiger partial charge in [0.2, 0.25) is 0 Å². The lowest BCUT2D eigenvalue weighted by Gasteiger charge is -2.15. The molecule has 0 fully saturated rings. The number of H-pyrrole nitrogens is 1. The minimum absolute atomic E-state index is 0.289.